The van der Waals surface area contributed by atoms with E-state index in [4.69, 9.17) is 0 Å². The lowest BCUT2D eigenvalue weighted by atomic mass is 9.87. The van der Waals surface area contributed by atoms with Crippen LogP contribution in [0.3, 0.4) is 0 Å². The predicted octanol–water partition coefficient (Wildman–Crippen LogP) is 5.72. The zero-order valence-electron chi connectivity index (χ0n) is 18.7. The van der Waals surface area contributed by atoms with Gasteiger partial charge >= 0.3 is 0 Å². The van der Waals surface area contributed by atoms with E-state index in [1.807, 2.05) is 18.2 Å². The second kappa shape index (κ2) is 9.70. The maximum absolute atomic E-state index is 12.8. The Bertz CT molecular complexity index is 986. The quantitative estimate of drug-likeness (QED) is 0.484. The molecule has 32 heavy (non-hydrogen) atoms. The van der Waals surface area contributed by atoms with Crippen LogP contribution in [0.1, 0.15) is 58.6 Å². The Morgan fingerprint density at radius 3 is 2.00 bits per heavy atom. The van der Waals surface area contributed by atoms with E-state index in [-0.39, 0.29) is 5.91 Å². The molecule has 5 rings (SSSR count). The largest absolute Gasteiger partial charge is 0.331 e. The third-order valence-corrected chi connectivity index (χ3v) is 7.22. The van der Waals surface area contributed by atoms with Crippen LogP contribution in [0.25, 0.3) is 0 Å². The smallest absolute Gasteiger partial charge is 0.254 e. The molecule has 3 heteroatoms. The average Bonchev–Trinajstić information content (AvgIpc) is 3.20. The minimum Gasteiger partial charge on any atom is -0.331 e. The SMILES string of the molecule is O=C1c2ccccc2CN1C1CCN(CCCC(c2ccccc2)c2ccccc2)CC1. The molecular formula is C29H32N2O. The third kappa shape index (κ3) is 4.49. The number of carbonyl (C=O) groups is 1. The highest BCUT2D eigenvalue weighted by Crippen LogP contribution is 2.31. The molecule has 0 atom stereocenters. The van der Waals surface area contributed by atoms with Gasteiger partial charge < -0.3 is 9.80 Å². The Kier molecular flexibility index (Phi) is 6.36. The lowest BCUT2D eigenvalue weighted by Crippen LogP contribution is -2.45. The highest BCUT2D eigenvalue weighted by molar-refractivity contribution is 5.98. The van der Waals surface area contributed by atoms with Gasteiger partial charge in [-0.2, -0.15) is 0 Å². The van der Waals surface area contributed by atoms with E-state index in [1.54, 1.807) is 0 Å². The van der Waals surface area contributed by atoms with Gasteiger partial charge in [0.2, 0.25) is 0 Å². The van der Waals surface area contributed by atoms with Crippen LogP contribution < -0.4 is 0 Å². The maximum Gasteiger partial charge on any atom is 0.254 e. The maximum atomic E-state index is 12.8. The number of nitrogens with zero attached hydrogens (tertiary/aromatic N) is 2. The molecule has 1 fully saturated rings. The minimum absolute atomic E-state index is 0.229. The summed E-state index contributed by atoms with van der Waals surface area (Å²) in [7, 11) is 0. The molecule has 0 aliphatic carbocycles. The van der Waals surface area contributed by atoms with Crippen molar-refractivity contribution < 1.29 is 4.79 Å². The fraction of sp³-hybridized carbons (Fsp3) is 0.345. The van der Waals surface area contributed by atoms with Crippen molar-refractivity contribution in [3.05, 3.63) is 107 Å². The first-order chi connectivity index (χ1) is 15.8. The standard InChI is InChI=1S/C29H32N2O/c32-29-28-15-8-7-14-25(28)22-31(29)26-17-20-30(21-18-26)19-9-16-27(23-10-3-1-4-11-23)24-12-5-2-6-13-24/h1-8,10-15,26-27H,9,16-22H2. The first-order valence-corrected chi connectivity index (χ1v) is 12.0. The Hall–Kier alpha value is -2.91. The van der Waals surface area contributed by atoms with Crippen molar-refractivity contribution in [2.45, 2.75) is 44.2 Å². The minimum atomic E-state index is 0.229. The first-order valence-electron chi connectivity index (χ1n) is 12.0. The lowest BCUT2D eigenvalue weighted by molar-refractivity contribution is 0.0595. The molecule has 0 radical (unpaired) electrons. The second-order valence-electron chi connectivity index (χ2n) is 9.18. The molecule has 3 nitrogen and oxygen atoms in total. The molecule has 0 saturated carbocycles. The van der Waals surface area contributed by atoms with Crippen molar-refractivity contribution in [3.63, 3.8) is 0 Å². The van der Waals surface area contributed by atoms with Crippen LogP contribution in [-0.2, 0) is 6.54 Å². The van der Waals surface area contributed by atoms with Gasteiger partial charge in [0.15, 0.2) is 0 Å². The van der Waals surface area contributed by atoms with Crippen molar-refractivity contribution in [2.75, 3.05) is 19.6 Å². The number of piperidine rings is 1. The normalized spacial score (nSPS) is 17.2. The molecule has 0 N–H and O–H groups in total. The van der Waals surface area contributed by atoms with Crippen LogP contribution in [0.4, 0.5) is 0 Å². The summed E-state index contributed by atoms with van der Waals surface area (Å²) in [4.78, 5) is 17.5. The number of rotatable bonds is 7. The van der Waals surface area contributed by atoms with Crippen LogP contribution >= 0.6 is 0 Å². The van der Waals surface area contributed by atoms with Crippen LogP contribution in [0.15, 0.2) is 84.9 Å². The van der Waals surface area contributed by atoms with Gasteiger partial charge in [-0.25, -0.2) is 0 Å². The fourth-order valence-electron chi connectivity index (χ4n) is 5.44. The number of likely N-dealkylation sites (tertiary alicyclic amines) is 1. The molecule has 2 aliphatic rings. The molecule has 2 heterocycles. The fourth-order valence-corrected chi connectivity index (χ4v) is 5.44. The number of amides is 1. The Labute approximate surface area is 191 Å². The van der Waals surface area contributed by atoms with E-state index in [0.717, 1.165) is 51.0 Å². The van der Waals surface area contributed by atoms with Crippen molar-refractivity contribution >= 4 is 5.91 Å². The molecular weight excluding hydrogens is 392 g/mol. The van der Waals surface area contributed by atoms with Gasteiger partial charge in [-0.3, -0.25) is 4.79 Å². The second-order valence-corrected chi connectivity index (χ2v) is 9.18. The van der Waals surface area contributed by atoms with Crippen LogP contribution in [0, 0.1) is 0 Å². The van der Waals surface area contributed by atoms with Crippen molar-refractivity contribution in [3.8, 4) is 0 Å². The van der Waals surface area contributed by atoms with Crippen LogP contribution in [-0.4, -0.2) is 41.4 Å². The number of hydrogen-bond donors (Lipinski definition) is 0. The number of fused-ring (bicyclic) bond motifs is 1. The third-order valence-electron chi connectivity index (χ3n) is 7.22. The van der Waals surface area contributed by atoms with Crippen LogP contribution in [0.2, 0.25) is 0 Å². The van der Waals surface area contributed by atoms with Gasteiger partial charge in [-0.1, -0.05) is 78.9 Å². The summed E-state index contributed by atoms with van der Waals surface area (Å²) in [6, 6.07) is 30.3. The van der Waals surface area contributed by atoms with E-state index < -0.39 is 0 Å². The molecule has 3 aromatic carbocycles. The summed E-state index contributed by atoms with van der Waals surface area (Å²) in [6.45, 7) is 4.10. The van der Waals surface area contributed by atoms with E-state index >= 15 is 0 Å². The molecule has 2 aliphatic heterocycles. The zero-order chi connectivity index (χ0) is 21.8. The van der Waals surface area contributed by atoms with E-state index in [2.05, 4.69) is 76.5 Å². The molecule has 164 valence electrons. The van der Waals surface area contributed by atoms with Crippen molar-refractivity contribution in [2.24, 2.45) is 0 Å². The molecule has 0 spiro atoms. The summed E-state index contributed by atoms with van der Waals surface area (Å²) >= 11 is 0. The first kappa shape index (κ1) is 21.0. The monoisotopic (exact) mass is 424 g/mol. The van der Waals surface area contributed by atoms with Crippen LogP contribution in [0.5, 0.6) is 0 Å². The summed E-state index contributed by atoms with van der Waals surface area (Å²) in [5.74, 6) is 0.684. The van der Waals surface area contributed by atoms with Crippen molar-refractivity contribution in [1.29, 1.82) is 0 Å². The zero-order valence-corrected chi connectivity index (χ0v) is 18.7. The summed E-state index contributed by atoms with van der Waals surface area (Å²) < 4.78 is 0. The number of carbonyl (C=O) groups excluding carboxylic acids is 1. The van der Waals surface area contributed by atoms with Gasteiger partial charge in [-0.15, -0.1) is 0 Å². The molecule has 0 aromatic heterocycles. The van der Waals surface area contributed by atoms with Crippen molar-refractivity contribution in [1.82, 2.24) is 9.80 Å². The van der Waals surface area contributed by atoms with E-state index in [1.165, 1.54) is 23.1 Å². The summed E-state index contributed by atoms with van der Waals surface area (Å²) in [5.41, 5.74) is 4.91. The lowest BCUT2D eigenvalue weighted by Gasteiger charge is -2.36. The summed E-state index contributed by atoms with van der Waals surface area (Å²) in [6.07, 6.45) is 4.52. The number of benzene rings is 3. The number of hydrogen-bond acceptors (Lipinski definition) is 2. The molecule has 1 saturated heterocycles. The van der Waals surface area contributed by atoms with Gasteiger partial charge in [0, 0.05) is 37.2 Å². The van der Waals surface area contributed by atoms with Gasteiger partial charge in [-0.05, 0) is 55.0 Å². The Morgan fingerprint density at radius 1 is 0.781 bits per heavy atom. The topological polar surface area (TPSA) is 23.6 Å². The van der Waals surface area contributed by atoms with Gasteiger partial charge in [0.25, 0.3) is 5.91 Å². The van der Waals surface area contributed by atoms with Gasteiger partial charge in [0.05, 0.1) is 0 Å². The molecule has 3 aromatic rings. The summed E-state index contributed by atoms with van der Waals surface area (Å²) in [5, 5.41) is 0. The Balaban J connectivity index is 1.14. The molecule has 0 bridgehead atoms. The molecule has 0 unspecified atom stereocenters. The van der Waals surface area contributed by atoms with Gasteiger partial charge in [0.1, 0.15) is 0 Å². The highest BCUT2D eigenvalue weighted by atomic mass is 16.2. The molecule has 1 amide bonds. The predicted molar refractivity (Wildman–Crippen MR) is 130 cm³/mol. The Morgan fingerprint density at radius 2 is 1.38 bits per heavy atom. The highest BCUT2D eigenvalue weighted by Gasteiger charge is 2.34. The van der Waals surface area contributed by atoms with E-state index in [9.17, 15) is 4.79 Å². The van der Waals surface area contributed by atoms with E-state index in [0.29, 0.717) is 12.0 Å². The average molecular weight is 425 g/mol.